The fourth-order valence-corrected chi connectivity index (χ4v) is 3.12. The Morgan fingerprint density at radius 1 is 1.31 bits per heavy atom. The maximum Gasteiger partial charge on any atom is 0.0346 e. The van der Waals surface area contributed by atoms with E-state index in [4.69, 9.17) is 0 Å². The molecule has 1 aromatic carbocycles. The second-order valence-corrected chi connectivity index (χ2v) is 5.43. The van der Waals surface area contributed by atoms with Crippen molar-refractivity contribution in [3.63, 3.8) is 0 Å². The van der Waals surface area contributed by atoms with Crippen LogP contribution in [0.5, 0.6) is 0 Å². The quantitative estimate of drug-likeness (QED) is 0.699. The molecular formula is C11H9BrS. The average Bonchev–Trinajstić information content (AvgIpc) is 2.87. The molecular weight excluding hydrogens is 244 g/mol. The molecule has 0 nitrogen and oxygen atoms in total. The highest BCUT2D eigenvalue weighted by Crippen LogP contribution is 2.45. The van der Waals surface area contributed by atoms with E-state index in [2.05, 4.69) is 39.5 Å². The number of hydrogen-bond acceptors (Lipinski definition) is 1. The molecule has 1 aliphatic rings. The Hall–Kier alpha value is -0.340. The first kappa shape index (κ1) is 8.01. The highest BCUT2D eigenvalue weighted by atomic mass is 79.9. The Kier molecular flexibility index (Phi) is 1.74. The van der Waals surface area contributed by atoms with Gasteiger partial charge in [-0.2, -0.15) is 0 Å². The van der Waals surface area contributed by atoms with Crippen LogP contribution in [0.25, 0.3) is 10.1 Å². The molecule has 0 N–H and O–H groups in total. The zero-order valence-electron chi connectivity index (χ0n) is 7.09. The minimum atomic E-state index is 0.864. The summed E-state index contributed by atoms with van der Waals surface area (Å²) in [5.41, 5.74) is 1.57. The van der Waals surface area contributed by atoms with Crippen molar-refractivity contribution in [3.05, 3.63) is 33.6 Å². The van der Waals surface area contributed by atoms with Gasteiger partial charge in [-0.25, -0.2) is 0 Å². The zero-order valence-corrected chi connectivity index (χ0v) is 9.49. The fraction of sp³-hybridized carbons (Fsp3) is 0.273. The molecule has 1 fully saturated rings. The summed E-state index contributed by atoms with van der Waals surface area (Å²) in [6.45, 7) is 0. The first-order valence-electron chi connectivity index (χ1n) is 4.51. The van der Waals surface area contributed by atoms with E-state index < -0.39 is 0 Å². The maximum atomic E-state index is 3.53. The van der Waals surface area contributed by atoms with Gasteiger partial charge in [-0.05, 0) is 53.3 Å². The topological polar surface area (TPSA) is 0 Å². The Morgan fingerprint density at radius 2 is 2.15 bits per heavy atom. The van der Waals surface area contributed by atoms with E-state index in [0.717, 1.165) is 5.92 Å². The molecule has 0 aliphatic heterocycles. The van der Waals surface area contributed by atoms with Crippen LogP contribution in [0.1, 0.15) is 24.3 Å². The van der Waals surface area contributed by atoms with Crippen LogP contribution < -0.4 is 0 Å². The first-order valence-corrected chi connectivity index (χ1v) is 6.18. The van der Waals surface area contributed by atoms with Gasteiger partial charge in [-0.3, -0.25) is 0 Å². The average molecular weight is 253 g/mol. The van der Waals surface area contributed by atoms with E-state index >= 15 is 0 Å². The third-order valence-corrected chi connectivity index (χ3v) is 4.06. The first-order chi connectivity index (χ1) is 6.34. The van der Waals surface area contributed by atoms with Gasteiger partial charge in [0.15, 0.2) is 0 Å². The lowest BCUT2D eigenvalue weighted by Crippen LogP contribution is -1.74. The van der Waals surface area contributed by atoms with Crippen LogP contribution in [0.2, 0.25) is 0 Å². The van der Waals surface area contributed by atoms with Gasteiger partial charge in [-0.15, -0.1) is 11.3 Å². The van der Waals surface area contributed by atoms with E-state index in [1.807, 2.05) is 11.3 Å². The highest BCUT2D eigenvalue weighted by molar-refractivity contribution is 9.10. The molecule has 1 saturated carbocycles. The molecule has 66 valence electrons. The van der Waals surface area contributed by atoms with Crippen LogP contribution in [0.3, 0.4) is 0 Å². The molecule has 0 radical (unpaired) electrons. The van der Waals surface area contributed by atoms with Crippen molar-refractivity contribution >= 4 is 37.4 Å². The molecule has 1 aliphatic carbocycles. The second-order valence-electron chi connectivity index (χ2n) is 3.61. The Morgan fingerprint density at radius 3 is 2.92 bits per heavy atom. The van der Waals surface area contributed by atoms with E-state index in [-0.39, 0.29) is 0 Å². The number of halogens is 1. The van der Waals surface area contributed by atoms with Crippen molar-refractivity contribution in [2.24, 2.45) is 0 Å². The maximum absolute atomic E-state index is 3.53. The van der Waals surface area contributed by atoms with Crippen molar-refractivity contribution in [2.45, 2.75) is 18.8 Å². The molecule has 0 saturated heterocycles. The summed E-state index contributed by atoms with van der Waals surface area (Å²) in [5.74, 6) is 0.864. The van der Waals surface area contributed by atoms with Gasteiger partial charge in [0.25, 0.3) is 0 Å². The number of hydrogen-bond donors (Lipinski definition) is 0. The molecule has 2 aromatic rings. The van der Waals surface area contributed by atoms with Gasteiger partial charge in [0.2, 0.25) is 0 Å². The zero-order chi connectivity index (χ0) is 8.84. The standard InChI is InChI=1S/C11H9BrS/c12-8-3-4-11-9(5-8)10(6-13-11)7-1-2-7/h3-7H,1-2H2. The summed E-state index contributed by atoms with van der Waals surface area (Å²) in [6.07, 6.45) is 2.77. The molecule has 1 aromatic heterocycles. The smallest absolute Gasteiger partial charge is 0.0346 e. The van der Waals surface area contributed by atoms with Crippen molar-refractivity contribution in [3.8, 4) is 0 Å². The SMILES string of the molecule is Brc1ccc2scc(C3CC3)c2c1. The minimum Gasteiger partial charge on any atom is -0.144 e. The lowest BCUT2D eigenvalue weighted by molar-refractivity contribution is 1.16. The molecule has 3 rings (SSSR count). The monoisotopic (exact) mass is 252 g/mol. The number of benzene rings is 1. The third kappa shape index (κ3) is 1.32. The molecule has 0 atom stereocenters. The fourth-order valence-electron chi connectivity index (χ4n) is 1.73. The molecule has 1 heterocycles. The van der Waals surface area contributed by atoms with E-state index in [1.165, 1.54) is 27.4 Å². The van der Waals surface area contributed by atoms with E-state index in [0.29, 0.717) is 0 Å². The lowest BCUT2D eigenvalue weighted by Gasteiger charge is -1.95. The molecule has 13 heavy (non-hydrogen) atoms. The molecule has 0 amide bonds. The summed E-state index contributed by atoms with van der Waals surface area (Å²) >= 11 is 5.40. The third-order valence-electron chi connectivity index (χ3n) is 2.58. The number of thiophene rings is 1. The van der Waals surface area contributed by atoms with Crippen LogP contribution in [-0.4, -0.2) is 0 Å². The summed E-state index contributed by atoms with van der Waals surface area (Å²) in [4.78, 5) is 0. The van der Waals surface area contributed by atoms with Crippen molar-refractivity contribution < 1.29 is 0 Å². The number of rotatable bonds is 1. The summed E-state index contributed by atoms with van der Waals surface area (Å²) in [5, 5.41) is 3.79. The van der Waals surface area contributed by atoms with Crippen LogP contribution in [0.4, 0.5) is 0 Å². The molecule has 0 bridgehead atoms. The summed E-state index contributed by atoms with van der Waals surface area (Å²) < 4.78 is 2.62. The van der Waals surface area contributed by atoms with Gasteiger partial charge in [-0.1, -0.05) is 15.9 Å². The molecule has 0 unspecified atom stereocenters. The van der Waals surface area contributed by atoms with Crippen molar-refractivity contribution in [1.82, 2.24) is 0 Å². The predicted molar refractivity (Wildman–Crippen MR) is 61.5 cm³/mol. The van der Waals surface area contributed by atoms with Crippen molar-refractivity contribution in [2.75, 3.05) is 0 Å². The van der Waals surface area contributed by atoms with Crippen LogP contribution in [0, 0.1) is 0 Å². The molecule has 0 spiro atoms. The Balaban J connectivity index is 2.29. The largest absolute Gasteiger partial charge is 0.144 e. The van der Waals surface area contributed by atoms with E-state index in [9.17, 15) is 0 Å². The Bertz CT molecular complexity index is 454. The van der Waals surface area contributed by atoms with Gasteiger partial charge in [0, 0.05) is 9.17 Å². The Labute approximate surface area is 89.7 Å². The summed E-state index contributed by atoms with van der Waals surface area (Å²) in [7, 11) is 0. The van der Waals surface area contributed by atoms with Gasteiger partial charge in [0.05, 0.1) is 0 Å². The van der Waals surface area contributed by atoms with Gasteiger partial charge < -0.3 is 0 Å². The highest BCUT2D eigenvalue weighted by Gasteiger charge is 2.25. The summed E-state index contributed by atoms with van der Waals surface area (Å²) in [6, 6.07) is 6.57. The van der Waals surface area contributed by atoms with Crippen LogP contribution >= 0.6 is 27.3 Å². The van der Waals surface area contributed by atoms with Crippen LogP contribution in [0.15, 0.2) is 28.1 Å². The lowest BCUT2D eigenvalue weighted by atomic mass is 10.1. The van der Waals surface area contributed by atoms with Gasteiger partial charge in [0.1, 0.15) is 0 Å². The van der Waals surface area contributed by atoms with Crippen molar-refractivity contribution in [1.29, 1.82) is 0 Å². The number of fused-ring (bicyclic) bond motifs is 1. The van der Waals surface area contributed by atoms with Gasteiger partial charge >= 0.3 is 0 Å². The minimum absolute atomic E-state index is 0.864. The second kappa shape index (κ2) is 2.82. The molecule has 2 heteroatoms. The normalized spacial score (nSPS) is 16.7. The van der Waals surface area contributed by atoms with Crippen LogP contribution in [-0.2, 0) is 0 Å². The van der Waals surface area contributed by atoms with E-state index in [1.54, 1.807) is 5.56 Å². The predicted octanol–water partition coefficient (Wildman–Crippen LogP) is 4.54.